The van der Waals surface area contributed by atoms with Crippen LogP contribution in [0.5, 0.6) is 5.75 Å². The molecule has 0 bridgehead atoms. The summed E-state index contributed by atoms with van der Waals surface area (Å²) in [5, 5.41) is 8.80. The zero-order valence-electron chi connectivity index (χ0n) is 15.5. The molecule has 25 heavy (non-hydrogen) atoms. The van der Waals surface area contributed by atoms with Crippen LogP contribution >= 0.6 is 0 Å². The van der Waals surface area contributed by atoms with Crippen LogP contribution in [0.4, 0.5) is 0 Å². The van der Waals surface area contributed by atoms with Gasteiger partial charge in [0.2, 0.25) is 0 Å². The maximum Gasteiger partial charge on any atom is 0.303 e. The molecule has 1 N–H and O–H groups in total. The number of hydrogen-bond acceptors (Lipinski definition) is 3. The molecule has 0 spiro atoms. The van der Waals surface area contributed by atoms with Crippen LogP contribution in [-0.4, -0.2) is 41.6 Å². The number of carboxylic acid groups (broad SMARTS) is 1. The van der Waals surface area contributed by atoms with Gasteiger partial charge in [0.05, 0.1) is 0 Å². The van der Waals surface area contributed by atoms with Gasteiger partial charge in [-0.25, -0.2) is 0 Å². The maximum atomic E-state index is 12.4. The standard InChI is InChI=1S/C20H29NO4/c1-20(2,3)16-7-9-17(10-8-16)25-14-18(22)21-12-4-5-15(13-21)6-11-19(23)24/h7-10,15H,4-6,11-14H2,1-3H3,(H,23,24). The lowest BCUT2D eigenvalue weighted by atomic mass is 9.87. The molecular formula is C20H29NO4. The molecule has 1 amide bonds. The Labute approximate surface area is 150 Å². The SMILES string of the molecule is CC(C)(C)c1ccc(OCC(=O)N2CCCC(CCC(=O)O)C2)cc1. The molecule has 1 unspecified atom stereocenters. The first-order valence-corrected chi connectivity index (χ1v) is 8.98. The highest BCUT2D eigenvalue weighted by atomic mass is 16.5. The molecule has 0 saturated carbocycles. The number of carbonyl (C=O) groups excluding carboxylic acids is 1. The molecule has 2 rings (SSSR count). The minimum Gasteiger partial charge on any atom is -0.484 e. The normalized spacial score (nSPS) is 18.0. The van der Waals surface area contributed by atoms with Crippen molar-refractivity contribution in [3.63, 3.8) is 0 Å². The van der Waals surface area contributed by atoms with E-state index in [9.17, 15) is 9.59 Å². The fraction of sp³-hybridized carbons (Fsp3) is 0.600. The first kappa shape index (κ1) is 19.3. The highest BCUT2D eigenvalue weighted by Gasteiger charge is 2.24. The van der Waals surface area contributed by atoms with Crippen molar-refractivity contribution in [1.29, 1.82) is 0 Å². The van der Waals surface area contributed by atoms with Crippen molar-refractivity contribution in [2.24, 2.45) is 5.92 Å². The van der Waals surface area contributed by atoms with Gasteiger partial charge in [0, 0.05) is 19.5 Å². The van der Waals surface area contributed by atoms with Crippen molar-refractivity contribution in [2.45, 2.75) is 51.9 Å². The average Bonchev–Trinajstić information content (AvgIpc) is 2.57. The molecule has 5 heteroatoms. The number of rotatable bonds is 6. The van der Waals surface area contributed by atoms with Gasteiger partial charge >= 0.3 is 5.97 Å². The summed E-state index contributed by atoms with van der Waals surface area (Å²) in [6.07, 6.45) is 2.72. The van der Waals surface area contributed by atoms with Crippen LogP contribution in [0.25, 0.3) is 0 Å². The number of likely N-dealkylation sites (tertiary alicyclic amines) is 1. The second kappa shape index (κ2) is 8.37. The molecule has 1 aromatic carbocycles. The summed E-state index contributed by atoms with van der Waals surface area (Å²) in [6, 6.07) is 7.87. The molecule has 1 aliphatic heterocycles. The van der Waals surface area contributed by atoms with Crippen LogP contribution < -0.4 is 4.74 Å². The summed E-state index contributed by atoms with van der Waals surface area (Å²) in [7, 11) is 0. The summed E-state index contributed by atoms with van der Waals surface area (Å²) in [5.74, 6) is 0.172. The number of ether oxygens (including phenoxy) is 1. The van der Waals surface area contributed by atoms with Crippen molar-refractivity contribution in [3.05, 3.63) is 29.8 Å². The summed E-state index contributed by atoms with van der Waals surface area (Å²) in [4.78, 5) is 24.9. The molecule has 1 atom stereocenters. The van der Waals surface area contributed by atoms with Crippen LogP contribution in [0.3, 0.4) is 0 Å². The van der Waals surface area contributed by atoms with Gasteiger partial charge < -0.3 is 14.7 Å². The number of carbonyl (C=O) groups is 2. The van der Waals surface area contributed by atoms with Crippen molar-refractivity contribution < 1.29 is 19.4 Å². The summed E-state index contributed by atoms with van der Waals surface area (Å²) >= 11 is 0. The Hall–Kier alpha value is -2.04. The fourth-order valence-electron chi connectivity index (χ4n) is 3.14. The van der Waals surface area contributed by atoms with E-state index < -0.39 is 5.97 Å². The molecule has 1 fully saturated rings. The van der Waals surface area contributed by atoms with Gasteiger partial charge in [0.1, 0.15) is 5.75 Å². The van der Waals surface area contributed by atoms with Crippen LogP contribution in [0, 0.1) is 5.92 Å². The lowest BCUT2D eigenvalue weighted by Gasteiger charge is -2.32. The minimum absolute atomic E-state index is 0.0278. The minimum atomic E-state index is -0.773. The largest absolute Gasteiger partial charge is 0.484 e. The number of amides is 1. The molecule has 1 saturated heterocycles. The predicted octanol–water partition coefficient (Wildman–Crippen LogP) is 3.47. The second-order valence-corrected chi connectivity index (χ2v) is 7.84. The van der Waals surface area contributed by atoms with Gasteiger partial charge in [-0.15, -0.1) is 0 Å². The van der Waals surface area contributed by atoms with Crippen molar-refractivity contribution in [2.75, 3.05) is 19.7 Å². The monoisotopic (exact) mass is 347 g/mol. The zero-order valence-corrected chi connectivity index (χ0v) is 15.5. The molecule has 1 aliphatic rings. The highest BCUT2D eigenvalue weighted by Crippen LogP contribution is 2.25. The van der Waals surface area contributed by atoms with Crippen molar-refractivity contribution in [3.8, 4) is 5.75 Å². The average molecular weight is 347 g/mol. The Balaban J connectivity index is 1.82. The Morgan fingerprint density at radius 1 is 1.24 bits per heavy atom. The van der Waals surface area contributed by atoms with E-state index in [2.05, 4.69) is 20.8 Å². The van der Waals surface area contributed by atoms with E-state index in [1.165, 1.54) is 5.56 Å². The lowest BCUT2D eigenvalue weighted by Crippen LogP contribution is -2.42. The first-order chi connectivity index (χ1) is 11.8. The smallest absolute Gasteiger partial charge is 0.303 e. The van der Waals surface area contributed by atoms with Crippen molar-refractivity contribution >= 4 is 11.9 Å². The summed E-state index contributed by atoms with van der Waals surface area (Å²) in [5.41, 5.74) is 1.32. The summed E-state index contributed by atoms with van der Waals surface area (Å²) in [6.45, 7) is 7.87. The Kier molecular flexibility index (Phi) is 6.45. The highest BCUT2D eigenvalue weighted by molar-refractivity contribution is 5.77. The number of piperidine rings is 1. The molecule has 0 aromatic heterocycles. The van der Waals surface area contributed by atoms with Gasteiger partial charge in [-0.1, -0.05) is 32.9 Å². The number of aliphatic carboxylic acids is 1. The van der Waals surface area contributed by atoms with Gasteiger partial charge in [0.15, 0.2) is 6.61 Å². The van der Waals surface area contributed by atoms with E-state index in [-0.39, 0.29) is 30.3 Å². The molecule has 0 radical (unpaired) electrons. The first-order valence-electron chi connectivity index (χ1n) is 8.98. The van der Waals surface area contributed by atoms with Crippen LogP contribution in [0.2, 0.25) is 0 Å². The van der Waals surface area contributed by atoms with Crippen LogP contribution in [-0.2, 0) is 15.0 Å². The maximum absolute atomic E-state index is 12.4. The molecule has 5 nitrogen and oxygen atoms in total. The fourth-order valence-corrected chi connectivity index (χ4v) is 3.14. The van der Waals surface area contributed by atoms with Crippen molar-refractivity contribution in [1.82, 2.24) is 4.90 Å². The topological polar surface area (TPSA) is 66.8 Å². The van der Waals surface area contributed by atoms with E-state index in [4.69, 9.17) is 9.84 Å². The van der Waals surface area contributed by atoms with E-state index in [0.717, 1.165) is 19.4 Å². The number of carboxylic acids is 1. The third-order valence-electron chi connectivity index (χ3n) is 4.72. The van der Waals surface area contributed by atoms with Gasteiger partial charge in [-0.2, -0.15) is 0 Å². The number of benzene rings is 1. The van der Waals surface area contributed by atoms with Gasteiger partial charge in [0.25, 0.3) is 5.91 Å². The van der Waals surface area contributed by atoms with Gasteiger partial charge in [-0.3, -0.25) is 9.59 Å². The Morgan fingerprint density at radius 3 is 2.52 bits per heavy atom. The van der Waals surface area contributed by atoms with Crippen LogP contribution in [0.1, 0.15) is 52.0 Å². The third kappa shape index (κ3) is 6.07. The Bertz CT molecular complexity index is 589. The number of nitrogens with zero attached hydrogens (tertiary/aromatic N) is 1. The molecule has 0 aliphatic carbocycles. The molecular weight excluding hydrogens is 318 g/mol. The van der Waals surface area contributed by atoms with E-state index in [1.807, 2.05) is 24.3 Å². The molecule has 138 valence electrons. The van der Waals surface area contributed by atoms with Gasteiger partial charge in [-0.05, 0) is 48.3 Å². The third-order valence-corrected chi connectivity index (χ3v) is 4.72. The zero-order chi connectivity index (χ0) is 18.4. The van der Waals surface area contributed by atoms with Crippen LogP contribution in [0.15, 0.2) is 24.3 Å². The molecule has 1 aromatic rings. The second-order valence-electron chi connectivity index (χ2n) is 7.84. The van der Waals surface area contributed by atoms with E-state index in [0.29, 0.717) is 18.7 Å². The van der Waals surface area contributed by atoms with E-state index in [1.54, 1.807) is 4.90 Å². The molecule has 1 heterocycles. The van der Waals surface area contributed by atoms with E-state index >= 15 is 0 Å². The number of hydrogen-bond donors (Lipinski definition) is 1. The quantitative estimate of drug-likeness (QED) is 0.856. The lowest BCUT2D eigenvalue weighted by molar-refractivity contribution is -0.137. The Morgan fingerprint density at radius 2 is 1.92 bits per heavy atom. The predicted molar refractivity (Wildman–Crippen MR) is 96.8 cm³/mol. The summed E-state index contributed by atoms with van der Waals surface area (Å²) < 4.78 is 5.64.